The zero-order chi connectivity index (χ0) is 49.2. The Morgan fingerprint density at radius 3 is 2.37 bits per heavy atom. The van der Waals surface area contributed by atoms with Crippen molar-refractivity contribution in [2.45, 2.75) is 153 Å². The third-order valence-corrected chi connectivity index (χ3v) is 13.5. The van der Waals surface area contributed by atoms with E-state index in [0.29, 0.717) is 43.0 Å². The predicted octanol–water partition coefficient (Wildman–Crippen LogP) is 2.50. The Morgan fingerprint density at radius 2 is 1.72 bits per heavy atom. The number of esters is 1. The number of nitrogens with two attached hydrogens (primary N) is 2. The lowest BCUT2D eigenvalue weighted by Crippen LogP contribution is -2.65. The van der Waals surface area contributed by atoms with Crippen LogP contribution in [-0.2, 0) is 45.5 Å². The lowest BCUT2D eigenvalue weighted by atomic mass is 9.78. The quantitative estimate of drug-likeness (QED) is 0.115. The average Bonchev–Trinajstić information content (AvgIpc) is 3.87. The first kappa shape index (κ1) is 51.3. The fourth-order valence-electron chi connectivity index (χ4n) is 9.95. The van der Waals surface area contributed by atoms with Crippen LogP contribution in [0.15, 0.2) is 41.5 Å². The van der Waals surface area contributed by atoms with Gasteiger partial charge in [-0.1, -0.05) is 32.1 Å². The van der Waals surface area contributed by atoms with Gasteiger partial charge in [0.25, 0.3) is 11.4 Å². The lowest BCUT2D eigenvalue weighted by molar-refractivity contribution is -0.295. The zero-order valence-electron chi connectivity index (χ0n) is 40.1. The maximum absolute atomic E-state index is 17.4. The molecule has 13 atom stereocenters. The number of nitrogens with one attached hydrogen (secondary N) is 1. The number of likely N-dealkylation sites (N-methyl/N-ethyl adjacent to an activating group) is 1. The molecule has 3 saturated heterocycles. The molecule has 0 spiro atoms. The number of carbonyl (C=O) groups excluding carboxylic acids is 3. The number of amides is 1. The summed E-state index contributed by atoms with van der Waals surface area (Å²) in [5.41, 5.74) is 5.17. The number of nitrogen functional groups attached to an aromatic ring is 2. The third kappa shape index (κ3) is 10.5. The highest BCUT2D eigenvalue weighted by Gasteiger charge is 2.64. The molecule has 0 aliphatic carbocycles. The second-order valence-corrected chi connectivity index (χ2v) is 18.9. The number of ketones is 1. The van der Waals surface area contributed by atoms with Crippen molar-refractivity contribution in [2.24, 2.45) is 11.8 Å². The maximum atomic E-state index is 17.4. The van der Waals surface area contributed by atoms with Crippen LogP contribution in [0.25, 0.3) is 11.4 Å². The van der Waals surface area contributed by atoms with Gasteiger partial charge in [-0.2, -0.15) is 4.98 Å². The standard InChI is InChI=1S/C45H68FN11O10/c1-11-32-45(57-20-17-34(48)51-41(57)61)36(56(42(62)67-45)19-13-12-18-55-24-30(52-53-55)29-15-14-16-33(47)50-29)28(5)49-23-25(2)22-43(6,63-10)38(27(4)37(59)44(7,46)40(60)65-32)66-39-35(58)31(54(8)9)21-26(3)64-39/h14-17,20,24-28,31-32,35-36,38-39,49,58H,11-13,18-19,21-23H2,1-10H3,(H2,47,50)(H2,48,51,61)/t25-,26-,27+,28-,31?,32-,35?,36-,38-,39+,43-,44?,45-/m1/s1. The molecule has 1 amide bonds. The normalized spacial score (nSPS) is 34.6. The smallest absolute Gasteiger partial charge is 0.412 e. The third-order valence-electron chi connectivity index (χ3n) is 13.5. The number of Topliss-reactive ketones (excluding diaryl/α,β-unsaturated/α-hetero) is 1. The molecule has 3 aliphatic heterocycles. The Kier molecular flexibility index (Phi) is 15.8. The molecule has 21 nitrogen and oxygen atoms in total. The van der Waals surface area contributed by atoms with Gasteiger partial charge in [-0.3, -0.25) is 18.9 Å². The first-order valence-electron chi connectivity index (χ1n) is 22.9. The van der Waals surface area contributed by atoms with E-state index >= 15 is 4.39 Å². The van der Waals surface area contributed by atoms with E-state index in [9.17, 15) is 24.3 Å². The van der Waals surface area contributed by atoms with E-state index in [2.05, 4.69) is 25.6 Å². The number of carbonyl (C=O) groups is 3. The van der Waals surface area contributed by atoms with Gasteiger partial charge >= 0.3 is 17.8 Å². The summed E-state index contributed by atoms with van der Waals surface area (Å²) in [5.74, 6) is -4.19. The van der Waals surface area contributed by atoms with Crippen molar-refractivity contribution in [2.75, 3.05) is 45.8 Å². The van der Waals surface area contributed by atoms with Crippen molar-refractivity contribution in [3.05, 3.63) is 47.1 Å². The fraction of sp³-hybridized carbons (Fsp3) is 0.689. The molecule has 0 saturated carbocycles. The zero-order valence-corrected chi connectivity index (χ0v) is 40.1. The Balaban J connectivity index is 1.37. The molecule has 0 radical (unpaired) electrons. The van der Waals surface area contributed by atoms with Gasteiger partial charge in [0.2, 0.25) is 0 Å². The topological polar surface area (TPSA) is 267 Å². The number of cyclic esters (lactones) is 1. The van der Waals surface area contributed by atoms with Crippen molar-refractivity contribution in [1.82, 2.24) is 44.6 Å². The van der Waals surface area contributed by atoms with Gasteiger partial charge in [-0.15, -0.1) is 5.10 Å². The second kappa shape index (κ2) is 20.6. The van der Waals surface area contributed by atoms with Crippen LogP contribution in [0.5, 0.6) is 0 Å². The van der Waals surface area contributed by atoms with Gasteiger partial charge < -0.3 is 50.5 Å². The largest absolute Gasteiger partial charge is 0.453 e. The summed E-state index contributed by atoms with van der Waals surface area (Å²) >= 11 is 0. The van der Waals surface area contributed by atoms with Crippen LogP contribution in [0, 0.1) is 11.8 Å². The lowest BCUT2D eigenvalue weighted by Gasteiger charge is -2.47. The van der Waals surface area contributed by atoms with Gasteiger partial charge in [-0.05, 0) is 105 Å². The summed E-state index contributed by atoms with van der Waals surface area (Å²) < 4.78 is 51.3. The first-order chi connectivity index (χ1) is 31.6. The number of pyridine rings is 1. The number of hydrogen-bond donors (Lipinski definition) is 4. The van der Waals surface area contributed by atoms with Crippen LogP contribution in [0.4, 0.5) is 20.8 Å². The van der Waals surface area contributed by atoms with Crippen molar-refractivity contribution < 1.29 is 47.6 Å². The predicted molar refractivity (Wildman–Crippen MR) is 243 cm³/mol. The first-order valence-corrected chi connectivity index (χ1v) is 22.9. The summed E-state index contributed by atoms with van der Waals surface area (Å²) in [6.07, 6.45) is -1.81. The van der Waals surface area contributed by atoms with Gasteiger partial charge in [0.15, 0.2) is 18.2 Å². The molecule has 6 rings (SSSR count). The molecule has 370 valence electrons. The summed E-state index contributed by atoms with van der Waals surface area (Å²) in [6.45, 7) is 12.0. The van der Waals surface area contributed by atoms with Gasteiger partial charge in [0.1, 0.15) is 29.5 Å². The minimum absolute atomic E-state index is 0.104. The maximum Gasteiger partial charge on any atom is 0.412 e. The van der Waals surface area contributed by atoms with Crippen LogP contribution in [0.3, 0.4) is 0 Å². The van der Waals surface area contributed by atoms with Gasteiger partial charge in [-0.25, -0.2) is 23.8 Å². The average molecular weight is 942 g/mol. The molecule has 3 aromatic heterocycles. The van der Waals surface area contributed by atoms with Crippen LogP contribution < -0.4 is 22.5 Å². The van der Waals surface area contributed by atoms with E-state index in [4.69, 9.17) is 35.2 Å². The number of anilines is 2. The van der Waals surface area contributed by atoms with Crippen LogP contribution >= 0.6 is 0 Å². The number of nitrogens with zero attached hydrogens (tertiary/aromatic N) is 8. The van der Waals surface area contributed by atoms with E-state index < -0.39 is 83.1 Å². The number of halogens is 1. The Morgan fingerprint density at radius 1 is 1.01 bits per heavy atom. The minimum atomic E-state index is -3.32. The summed E-state index contributed by atoms with van der Waals surface area (Å²) in [5, 5.41) is 23.5. The number of ether oxygens (including phenoxy) is 5. The van der Waals surface area contributed by atoms with Crippen LogP contribution in [-0.4, -0.2) is 157 Å². The van der Waals surface area contributed by atoms with E-state index in [1.54, 1.807) is 49.8 Å². The molecule has 6 N–H and O–H groups in total. The molecule has 22 heteroatoms. The second-order valence-electron chi connectivity index (χ2n) is 18.9. The highest BCUT2D eigenvalue weighted by molar-refractivity contribution is 6.07. The number of rotatable bonds is 12. The summed E-state index contributed by atoms with van der Waals surface area (Å²) in [4.78, 5) is 68.9. The highest BCUT2D eigenvalue weighted by atomic mass is 19.1. The number of fused-ring (bicyclic) bond motifs is 1. The Bertz CT molecular complexity index is 2280. The van der Waals surface area contributed by atoms with E-state index in [1.165, 1.54) is 31.2 Å². The molecule has 3 aliphatic rings. The molecular weight excluding hydrogens is 874 g/mol. The van der Waals surface area contributed by atoms with E-state index in [0.717, 1.165) is 11.5 Å². The fourth-order valence-corrected chi connectivity index (χ4v) is 9.95. The van der Waals surface area contributed by atoms with Crippen molar-refractivity contribution in [3.63, 3.8) is 0 Å². The highest BCUT2D eigenvalue weighted by Crippen LogP contribution is 2.43. The number of unbranched alkanes of at least 4 members (excludes halogenated alkanes) is 1. The number of aromatic nitrogens is 6. The minimum Gasteiger partial charge on any atom is -0.453 e. The number of aliphatic hydroxyl groups excluding tert-OH is 1. The monoisotopic (exact) mass is 942 g/mol. The Hall–Kier alpha value is -5.13. The van der Waals surface area contributed by atoms with Crippen LogP contribution in [0.1, 0.15) is 80.6 Å². The van der Waals surface area contributed by atoms with Crippen molar-refractivity contribution >= 4 is 29.5 Å². The van der Waals surface area contributed by atoms with Gasteiger partial charge in [0.05, 0.1) is 29.7 Å². The van der Waals surface area contributed by atoms with E-state index in [1.807, 2.05) is 32.8 Å². The number of hydrogen-bond acceptors (Lipinski definition) is 18. The molecule has 3 fully saturated rings. The molecule has 67 heavy (non-hydrogen) atoms. The van der Waals surface area contributed by atoms with Crippen molar-refractivity contribution in [1.29, 1.82) is 0 Å². The molecule has 3 aromatic rings. The SMILES string of the molecule is CC[C@H]1OC(=O)C(C)(F)C(=O)[C@H](C)[C@@H](O[C@@H]2O[C@H](C)CC(N(C)C)C2O)[C@](C)(OC)C[C@@H](C)CN[C@H](C)[C@H]2N(CCCCn3cc(-c4cccc(N)n4)nn3)C(=O)O[C@]12n1ccc(N)nc1=O. The molecular formula is C45H68FN11O10. The molecule has 0 aromatic carbocycles. The van der Waals surface area contributed by atoms with Crippen LogP contribution in [0.2, 0.25) is 0 Å². The van der Waals surface area contributed by atoms with Crippen molar-refractivity contribution in [3.8, 4) is 11.4 Å². The molecule has 3 unspecified atom stereocenters. The molecule has 6 heterocycles. The number of aliphatic hydroxyl groups is 1. The number of methoxy groups -OCH3 is 1. The Labute approximate surface area is 390 Å². The summed E-state index contributed by atoms with van der Waals surface area (Å²) in [7, 11) is 5.11. The number of aryl methyl sites for hydroxylation is 1. The van der Waals surface area contributed by atoms with E-state index in [-0.39, 0.29) is 49.8 Å². The number of alkyl halides is 1. The van der Waals surface area contributed by atoms with Gasteiger partial charge in [0, 0.05) is 44.4 Å². The summed E-state index contributed by atoms with van der Waals surface area (Å²) in [6, 6.07) is 4.37. The molecule has 0 bridgehead atoms.